The molecule has 0 aliphatic carbocycles. The summed E-state index contributed by atoms with van der Waals surface area (Å²) in [5.74, 6) is 1.81. The molecule has 0 aliphatic rings. The van der Waals surface area contributed by atoms with Gasteiger partial charge in [0.1, 0.15) is 11.6 Å². The third-order valence-electron chi connectivity index (χ3n) is 2.63. The van der Waals surface area contributed by atoms with Crippen LogP contribution in [0.1, 0.15) is 25.7 Å². The predicted molar refractivity (Wildman–Crippen MR) is 73.4 cm³/mol. The molecule has 5 heteroatoms. The van der Waals surface area contributed by atoms with E-state index in [2.05, 4.69) is 24.0 Å². The molecule has 1 N–H and O–H groups in total. The number of nitrogens with one attached hydrogen (secondary N) is 1. The number of nitrogens with zero attached hydrogens (tertiary/aromatic N) is 2. The topological polar surface area (TPSA) is 42.8 Å². The van der Waals surface area contributed by atoms with E-state index in [9.17, 15) is 0 Å². The van der Waals surface area contributed by atoms with E-state index in [0.717, 1.165) is 18.0 Å². The standard InChI is InChI=1S/C13H17N3OS/c1-10(2)16-12(14-15-13(16)18)8-9-17-11-6-4-3-5-7-11/h3-7,10H,8-9H2,1-2H3,(H,15,18). The maximum absolute atomic E-state index is 5.65. The number of aromatic amines is 1. The Kier molecular flexibility index (Phi) is 4.15. The van der Waals surface area contributed by atoms with Gasteiger partial charge in [0.25, 0.3) is 0 Å². The Bertz CT molecular complexity index is 545. The lowest BCUT2D eigenvalue weighted by Gasteiger charge is -2.10. The molecule has 1 aromatic carbocycles. The van der Waals surface area contributed by atoms with Crippen molar-refractivity contribution in [3.05, 3.63) is 40.9 Å². The van der Waals surface area contributed by atoms with Gasteiger partial charge in [-0.25, -0.2) is 0 Å². The van der Waals surface area contributed by atoms with Crippen LogP contribution in [0.3, 0.4) is 0 Å². The van der Waals surface area contributed by atoms with Crippen LogP contribution in [0.2, 0.25) is 0 Å². The molecule has 1 heterocycles. The number of aromatic nitrogens is 3. The van der Waals surface area contributed by atoms with E-state index >= 15 is 0 Å². The van der Waals surface area contributed by atoms with E-state index < -0.39 is 0 Å². The van der Waals surface area contributed by atoms with E-state index in [1.165, 1.54) is 0 Å². The molecule has 0 atom stereocenters. The number of para-hydroxylation sites is 1. The second-order valence-electron chi connectivity index (χ2n) is 4.32. The van der Waals surface area contributed by atoms with Crippen LogP contribution in [-0.4, -0.2) is 21.4 Å². The summed E-state index contributed by atoms with van der Waals surface area (Å²) in [5, 5.41) is 7.06. The molecule has 2 rings (SSSR count). The molecule has 0 spiro atoms. The average Bonchev–Trinajstić information content (AvgIpc) is 2.72. The molecular weight excluding hydrogens is 246 g/mol. The van der Waals surface area contributed by atoms with Crippen molar-refractivity contribution >= 4 is 12.2 Å². The number of ether oxygens (including phenoxy) is 1. The third-order valence-corrected chi connectivity index (χ3v) is 2.92. The largest absolute Gasteiger partial charge is 0.493 e. The Morgan fingerprint density at radius 2 is 2.06 bits per heavy atom. The van der Waals surface area contributed by atoms with Crippen molar-refractivity contribution in [3.63, 3.8) is 0 Å². The van der Waals surface area contributed by atoms with Gasteiger partial charge in [-0.15, -0.1) is 0 Å². The van der Waals surface area contributed by atoms with Gasteiger partial charge in [0.15, 0.2) is 4.77 Å². The first-order chi connectivity index (χ1) is 8.68. The predicted octanol–water partition coefficient (Wildman–Crippen LogP) is 3.14. The zero-order chi connectivity index (χ0) is 13.0. The molecule has 96 valence electrons. The zero-order valence-electron chi connectivity index (χ0n) is 10.6. The summed E-state index contributed by atoms with van der Waals surface area (Å²) in [7, 11) is 0. The molecule has 0 bridgehead atoms. The van der Waals surface area contributed by atoms with Crippen LogP contribution in [0.25, 0.3) is 0 Å². The van der Waals surface area contributed by atoms with E-state index in [-0.39, 0.29) is 0 Å². The van der Waals surface area contributed by atoms with E-state index in [0.29, 0.717) is 17.4 Å². The number of hydrogen-bond donors (Lipinski definition) is 1. The molecular formula is C13H17N3OS. The van der Waals surface area contributed by atoms with Crippen molar-refractivity contribution in [2.45, 2.75) is 26.3 Å². The maximum Gasteiger partial charge on any atom is 0.195 e. The molecule has 0 aliphatic heterocycles. The van der Waals surface area contributed by atoms with E-state index in [1.54, 1.807) is 0 Å². The Morgan fingerprint density at radius 3 is 2.72 bits per heavy atom. The van der Waals surface area contributed by atoms with Crippen LogP contribution >= 0.6 is 12.2 Å². The molecule has 0 fully saturated rings. The van der Waals surface area contributed by atoms with Crippen LogP contribution in [-0.2, 0) is 6.42 Å². The second-order valence-corrected chi connectivity index (χ2v) is 4.71. The summed E-state index contributed by atoms with van der Waals surface area (Å²) in [5.41, 5.74) is 0. The molecule has 18 heavy (non-hydrogen) atoms. The van der Waals surface area contributed by atoms with Crippen molar-refractivity contribution in [1.29, 1.82) is 0 Å². The smallest absolute Gasteiger partial charge is 0.195 e. The normalized spacial score (nSPS) is 10.8. The summed E-state index contributed by atoms with van der Waals surface area (Å²) >= 11 is 5.20. The van der Waals surface area contributed by atoms with Crippen LogP contribution in [0, 0.1) is 4.77 Å². The van der Waals surface area contributed by atoms with Gasteiger partial charge in [0, 0.05) is 12.5 Å². The van der Waals surface area contributed by atoms with E-state index in [4.69, 9.17) is 17.0 Å². The third kappa shape index (κ3) is 2.98. The lowest BCUT2D eigenvalue weighted by atomic mass is 10.3. The minimum Gasteiger partial charge on any atom is -0.493 e. The number of benzene rings is 1. The number of rotatable bonds is 5. The number of H-pyrrole nitrogens is 1. The zero-order valence-corrected chi connectivity index (χ0v) is 11.4. The van der Waals surface area contributed by atoms with Gasteiger partial charge in [0.05, 0.1) is 6.61 Å². The van der Waals surface area contributed by atoms with Crippen molar-refractivity contribution < 1.29 is 4.74 Å². The van der Waals surface area contributed by atoms with Crippen LogP contribution in [0.5, 0.6) is 5.75 Å². The summed E-state index contributed by atoms with van der Waals surface area (Å²) < 4.78 is 8.34. The fraction of sp³-hybridized carbons (Fsp3) is 0.385. The molecule has 0 saturated heterocycles. The minimum absolute atomic E-state index is 0.308. The fourth-order valence-electron chi connectivity index (χ4n) is 1.82. The molecule has 0 unspecified atom stereocenters. The average molecular weight is 263 g/mol. The van der Waals surface area contributed by atoms with Gasteiger partial charge in [-0.1, -0.05) is 18.2 Å². The Morgan fingerprint density at radius 1 is 1.33 bits per heavy atom. The molecule has 0 radical (unpaired) electrons. The van der Waals surface area contributed by atoms with Gasteiger partial charge >= 0.3 is 0 Å². The molecule has 4 nitrogen and oxygen atoms in total. The van der Waals surface area contributed by atoms with Gasteiger partial charge in [-0.05, 0) is 38.2 Å². The van der Waals surface area contributed by atoms with E-state index in [1.807, 2.05) is 34.9 Å². The second kappa shape index (κ2) is 5.82. The highest BCUT2D eigenvalue weighted by Gasteiger charge is 2.08. The van der Waals surface area contributed by atoms with Crippen LogP contribution < -0.4 is 4.74 Å². The fourth-order valence-corrected chi connectivity index (χ4v) is 2.18. The summed E-state index contributed by atoms with van der Waals surface area (Å²) in [6.07, 6.45) is 0.736. The van der Waals surface area contributed by atoms with Gasteiger partial charge in [-0.2, -0.15) is 5.10 Å². The lowest BCUT2D eigenvalue weighted by Crippen LogP contribution is -2.10. The number of hydrogen-bond acceptors (Lipinski definition) is 3. The van der Waals surface area contributed by atoms with Crippen molar-refractivity contribution in [2.24, 2.45) is 0 Å². The van der Waals surface area contributed by atoms with Crippen molar-refractivity contribution in [2.75, 3.05) is 6.61 Å². The lowest BCUT2D eigenvalue weighted by molar-refractivity contribution is 0.315. The van der Waals surface area contributed by atoms with Crippen LogP contribution in [0.15, 0.2) is 30.3 Å². The van der Waals surface area contributed by atoms with Crippen LogP contribution in [0.4, 0.5) is 0 Å². The highest BCUT2D eigenvalue weighted by atomic mass is 32.1. The summed E-state index contributed by atoms with van der Waals surface area (Å²) in [6.45, 7) is 4.77. The molecule has 0 saturated carbocycles. The molecule has 2 aromatic rings. The highest BCUT2D eigenvalue weighted by molar-refractivity contribution is 7.71. The molecule has 1 aromatic heterocycles. The quantitative estimate of drug-likeness (QED) is 0.843. The summed E-state index contributed by atoms with van der Waals surface area (Å²) in [6, 6.07) is 10.1. The minimum atomic E-state index is 0.308. The first-order valence-electron chi connectivity index (χ1n) is 6.02. The SMILES string of the molecule is CC(C)n1c(CCOc2ccccc2)n[nH]c1=S. The van der Waals surface area contributed by atoms with Crippen molar-refractivity contribution in [1.82, 2.24) is 14.8 Å². The highest BCUT2D eigenvalue weighted by Crippen LogP contribution is 2.11. The van der Waals surface area contributed by atoms with Gasteiger partial charge in [0.2, 0.25) is 0 Å². The Labute approximate surface area is 112 Å². The van der Waals surface area contributed by atoms with Gasteiger partial charge in [-0.3, -0.25) is 5.10 Å². The van der Waals surface area contributed by atoms with Crippen molar-refractivity contribution in [3.8, 4) is 5.75 Å². The monoisotopic (exact) mass is 263 g/mol. The first kappa shape index (κ1) is 12.8. The first-order valence-corrected chi connectivity index (χ1v) is 6.43. The summed E-state index contributed by atoms with van der Waals surface area (Å²) in [4.78, 5) is 0. The van der Waals surface area contributed by atoms with Gasteiger partial charge < -0.3 is 9.30 Å². The maximum atomic E-state index is 5.65. The Hall–Kier alpha value is -1.62. The molecule has 0 amide bonds. The Balaban J connectivity index is 1.97.